The monoisotopic (exact) mass is 1530 g/mol. The molecule has 12 atom stereocenters. The van der Waals surface area contributed by atoms with Crippen molar-refractivity contribution in [3.63, 3.8) is 0 Å². The van der Waals surface area contributed by atoms with Crippen LogP contribution < -0.4 is 21.3 Å². The van der Waals surface area contributed by atoms with Gasteiger partial charge < -0.3 is 70.7 Å². The molecule has 109 heavy (non-hydrogen) atoms. The van der Waals surface area contributed by atoms with Crippen molar-refractivity contribution < 1.29 is 72.8 Å². The smallest absolute Gasteiger partial charge is 0.248 e. The van der Waals surface area contributed by atoms with Gasteiger partial charge in [0.25, 0.3) is 0 Å². The molecule has 0 aliphatic carbocycles. The summed E-state index contributed by atoms with van der Waals surface area (Å²) in [5, 5.41) is 45.2. The quantitative estimate of drug-likeness (QED) is 0.0214. The minimum Gasteiger partial charge on any atom is -0.394 e. The number of piperidine rings is 1. The Morgan fingerprint density at radius 1 is 0.550 bits per heavy atom. The summed E-state index contributed by atoms with van der Waals surface area (Å²) < 4.78 is 5.39. The van der Waals surface area contributed by atoms with Gasteiger partial charge in [-0.15, -0.1) is 0 Å². The molecule has 1 aliphatic heterocycles. The number of rotatable bonds is 48. The number of aliphatic hydroxyl groups excluding tert-OH is 3. The molecule has 0 aromatic heterocycles. The van der Waals surface area contributed by atoms with Gasteiger partial charge in [0.15, 0.2) is 0 Å². The van der Waals surface area contributed by atoms with E-state index in [-0.39, 0.29) is 113 Å². The molecule has 0 bridgehead atoms. The highest BCUT2D eigenvalue weighted by Crippen LogP contribution is 2.26. The molecule has 0 radical (unpaired) electrons. The van der Waals surface area contributed by atoms with Crippen molar-refractivity contribution in [3.8, 4) is 0 Å². The summed E-state index contributed by atoms with van der Waals surface area (Å²) in [7, 11) is 7.56. The largest absolute Gasteiger partial charge is 0.394 e. The highest BCUT2D eigenvalue weighted by Gasteiger charge is 2.43. The van der Waals surface area contributed by atoms with Crippen LogP contribution in [0.4, 0.5) is 0 Å². The molecule has 3 rings (SSSR count). The molecular formula is C83H137N11O15. The molecule has 26 heteroatoms. The van der Waals surface area contributed by atoms with Crippen LogP contribution in [0.3, 0.4) is 0 Å². The number of hydrogen-bond donors (Lipinski definition) is 7. The SMILES string of the molecule is CCCCN(CC(=O)N(C)[C@@H](CC(C)C)C(=O)N[C@@H](CC(=O)N(C)[C@@H](CC(C)C)C(=O)NC[C@@H](COCCO)C(C)=O)C(=O)N1CCCCC1)C(=O)[C@@H](NC(=O)[C@H](CC(C)C)N(C)C(O)[C@H](Cc1ccccc1)N(C)C(=O)[C@H](CC(C)C)NC(=O)[C@H](Cc1ccccc1)N(C)C(=O)[C@@H](C=C(C)C)CC(C)C)[C@@H](C)O. The van der Waals surface area contributed by atoms with Crippen LogP contribution in [0.1, 0.15) is 186 Å². The zero-order valence-electron chi connectivity index (χ0n) is 69.4. The lowest BCUT2D eigenvalue weighted by atomic mass is 9.92. The van der Waals surface area contributed by atoms with E-state index < -0.39 is 139 Å². The van der Waals surface area contributed by atoms with Crippen LogP contribution in [0.5, 0.6) is 0 Å². The van der Waals surface area contributed by atoms with Crippen molar-refractivity contribution in [1.29, 1.82) is 0 Å². The van der Waals surface area contributed by atoms with Crippen LogP contribution >= 0.6 is 0 Å². The van der Waals surface area contributed by atoms with Gasteiger partial charge in [0, 0.05) is 60.8 Å². The number of carbonyl (C=O) groups is 11. The number of allylic oxidation sites excluding steroid dienone is 1. The van der Waals surface area contributed by atoms with Crippen LogP contribution in [0.15, 0.2) is 72.3 Å². The number of amides is 10. The van der Waals surface area contributed by atoms with Crippen LogP contribution in [0.25, 0.3) is 0 Å². The fraction of sp³-hybridized carbons (Fsp3) is 0.699. The average Bonchev–Trinajstić information content (AvgIpc) is 0.814. The Balaban J connectivity index is 2.05. The van der Waals surface area contributed by atoms with Crippen molar-refractivity contribution in [3.05, 3.63) is 83.4 Å². The van der Waals surface area contributed by atoms with Crippen molar-refractivity contribution in [2.75, 3.05) is 87.8 Å². The van der Waals surface area contributed by atoms with Crippen molar-refractivity contribution in [2.24, 2.45) is 41.4 Å². The summed E-state index contributed by atoms with van der Waals surface area (Å²) >= 11 is 0. The lowest BCUT2D eigenvalue weighted by Gasteiger charge is -2.41. The lowest BCUT2D eigenvalue weighted by molar-refractivity contribution is -0.150. The van der Waals surface area contributed by atoms with Gasteiger partial charge in [-0.3, -0.25) is 57.6 Å². The molecule has 7 N–H and O–H groups in total. The Bertz CT molecular complexity index is 3210. The van der Waals surface area contributed by atoms with E-state index in [1.807, 2.05) is 157 Å². The maximum absolute atomic E-state index is 15.4. The minimum atomic E-state index is -1.64. The van der Waals surface area contributed by atoms with Crippen LogP contribution in [-0.4, -0.2) is 263 Å². The van der Waals surface area contributed by atoms with Crippen LogP contribution in [0, 0.1) is 41.4 Å². The average molecular weight is 1530 g/mol. The van der Waals surface area contributed by atoms with Gasteiger partial charge in [0.05, 0.1) is 62.8 Å². The number of unbranched alkanes of at least 4 members (excludes halogenated alkanes) is 1. The summed E-state index contributed by atoms with van der Waals surface area (Å²) in [6, 6.07) is 8.74. The van der Waals surface area contributed by atoms with Crippen LogP contribution in [-0.2, 0) is 70.3 Å². The number of Topliss-reactive ketones (excluding diaryl/α,β-unsaturated/α-hetero) is 1. The lowest BCUT2D eigenvalue weighted by Crippen LogP contribution is -2.63. The van der Waals surface area contributed by atoms with Crippen molar-refractivity contribution in [2.45, 2.75) is 248 Å². The molecule has 614 valence electrons. The fourth-order valence-electron chi connectivity index (χ4n) is 13.8. The van der Waals surface area contributed by atoms with Gasteiger partial charge in [-0.25, -0.2) is 0 Å². The first-order valence-corrected chi connectivity index (χ1v) is 39.6. The second kappa shape index (κ2) is 48.2. The van der Waals surface area contributed by atoms with Crippen molar-refractivity contribution >= 4 is 64.9 Å². The summed E-state index contributed by atoms with van der Waals surface area (Å²) in [6.45, 7) is 27.4. The third kappa shape index (κ3) is 31.9. The Hall–Kier alpha value is -7.65. The molecule has 1 heterocycles. The molecule has 26 nitrogen and oxygen atoms in total. The highest BCUT2D eigenvalue weighted by atomic mass is 16.5. The van der Waals surface area contributed by atoms with Gasteiger partial charge in [-0.1, -0.05) is 155 Å². The Labute approximate surface area is 650 Å². The van der Waals surface area contributed by atoms with Gasteiger partial charge in [-0.2, -0.15) is 0 Å². The Morgan fingerprint density at radius 3 is 1.55 bits per heavy atom. The van der Waals surface area contributed by atoms with Gasteiger partial charge >= 0.3 is 0 Å². The number of benzene rings is 2. The van der Waals surface area contributed by atoms with E-state index in [9.17, 15) is 48.9 Å². The molecule has 2 aromatic rings. The highest BCUT2D eigenvalue weighted by molar-refractivity contribution is 5.97. The molecule has 1 unspecified atom stereocenters. The topological polar surface area (TPSA) is 328 Å². The number of likely N-dealkylation sites (tertiary alicyclic amines) is 1. The molecule has 0 spiro atoms. The number of hydrogen-bond acceptors (Lipinski definition) is 16. The first-order chi connectivity index (χ1) is 51.3. The number of nitrogens with one attached hydrogen (secondary N) is 4. The molecule has 2 aromatic carbocycles. The van der Waals surface area contributed by atoms with Crippen LogP contribution in [0.2, 0.25) is 0 Å². The molecule has 1 saturated heterocycles. The zero-order valence-corrected chi connectivity index (χ0v) is 69.4. The first kappa shape index (κ1) is 95.6. The van der Waals surface area contributed by atoms with E-state index >= 15 is 19.2 Å². The maximum atomic E-state index is 15.4. The van der Waals surface area contributed by atoms with E-state index in [0.29, 0.717) is 45.2 Å². The first-order valence-electron chi connectivity index (χ1n) is 39.6. The van der Waals surface area contributed by atoms with E-state index in [4.69, 9.17) is 4.74 Å². The van der Waals surface area contributed by atoms with Gasteiger partial charge in [-0.05, 0) is 140 Å². The van der Waals surface area contributed by atoms with E-state index in [1.165, 1.54) is 64.4 Å². The second-order valence-electron chi connectivity index (χ2n) is 32.4. The Kier molecular flexibility index (Phi) is 42.3. The maximum Gasteiger partial charge on any atom is 0.248 e. The molecule has 1 fully saturated rings. The van der Waals surface area contributed by atoms with E-state index in [2.05, 4.69) is 21.3 Å². The number of ketones is 1. The summed E-state index contributed by atoms with van der Waals surface area (Å²) in [5.74, 6) is -7.89. The standard InChI is InChI=1S/C83H137N11O15/c1-21-22-36-94(51-73(99)89(17)68(45-57(10)11)76(101)86-66(81(106)93-37-30-25-31-38-93)49-72(98)88(16)67(44-56(8)9)75(100)84-50-64(59(14)96)52-109-40-39-95)83(108)74(60(15)97)87-78(103)69(46-58(12)13)91(19)82(107)71(48-62-34-28-24-29-35-62)92(20)80(105)65(43-55(6)7)85-77(102)70(47-61-32-26-23-27-33-61)90(18)79(104)63(41-53(2)3)42-54(4)5/h23-24,26-29,32-35,41,54-58,60,63-71,74,82,95,97,107H,21-22,25,30-31,36-40,42-52H2,1-20H3,(H,84,100)(H,85,102)(H,86,101)(H,87,103)/t60-,63+,64+,65+,66+,67+,68+,69+,70+,71+,74+,82?/m1/s1. The van der Waals surface area contributed by atoms with E-state index in [1.54, 1.807) is 19.0 Å². The predicted octanol–water partition coefficient (Wildman–Crippen LogP) is 6.41. The fourth-order valence-corrected chi connectivity index (χ4v) is 13.8. The summed E-state index contributed by atoms with van der Waals surface area (Å²) in [6.07, 6.45) is 2.88. The zero-order chi connectivity index (χ0) is 82.1. The molecule has 1 aliphatic rings. The minimum absolute atomic E-state index is 0.00326. The van der Waals surface area contributed by atoms with Gasteiger partial charge in [0.1, 0.15) is 48.3 Å². The van der Waals surface area contributed by atoms with Gasteiger partial charge in [0.2, 0.25) is 59.1 Å². The third-order valence-electron chi connectivity index (χ3n) is 20.2. The number of likely N-dealkylation sites (N-methyl/N-ethyl adjacent to an activating group) is 5. The molecule has 0 saturated carbocycles. The number of carbonyl (C=O) groups excluding carboxylic acids is 11. The second-order valence-corrected chi connectivity index (χ2v) is 32.4. The number of nitrogens with zero attached hydrogens (tertiary/aromatic N) is 7. The molecule has 10 amide bonds. The number of ether oxygens (including phenoxy) is 1. The Morgan fingerprint density at radius 2 is 1.05 bits per heavy atom. The van der Waals surface area contributed by atoms with E-state index in [0.717, 1.165) is 23.1 Å². The third-order valence-corrected chi connectivity index (χ3v) is 20.2. The predicted molar refractivity (Wildman–Crippen MR) is 423 cm³/mol. The normalized spacial score (nSPS) is 15.8. The summed E-state index contributed by atoms with van der Waals surface area (Å²) in [4.78, 5) is 170. The van der Waals surface area contributed by atoms with Crippen molar-refractivity contribution in [1.82, 2.24) is 55.6 Å². The number of aliphatic hydroxyl groups is 3. The summed E-state index contributed by atoms with van der Waals surface area (Å²) in [5.41, 5.74) is 2.51. The molecular weight excluding hydrogens is 1390 g/mol.